The Morgan fingerprint density at radius 3 is 2.39 bits per heavy atom. The molecule has 1 aliphatic rings. The third-order valence-electron chi connectivity index (χ3n) is 4.95. The Kier molecular flexibility index (Phi) is 7.65. The van der Waals surface area contributed by atoms with Crippen molar-refractivity contribution in [3.05, 3.63) is 24.3 Å². The summed E-state index contributed by atoms with van der Waals surface area (Å²) in [6, 6.07) is 3.45. The molecule has 1 aromatic rings. The number of ether oxygens (including phenoxy) is 1. The first-order chi connectivity index (χ1) is 14.4. The highest BCUT2D eigenvalue weighted by molar-refractivity contribution is 7.90. The van der Waals surface area contributed by atoms with Crippen molar-refractivity contribution in [3.8, 4) is 0 Å². The van der Waals surface area contributed by atoms with E-state index >= 15 is 0 Å². The van der Waals surface area contributed by atoms with E-state index in [1.165, 1.54) is 18.9 Å². The number of rotatable bonds is 8. The van der Waals surface area contributed by atoms with Crippen LogP contribution in [0.15, 0.2) is 29.2 Å². The Labute approximate surface area is 177 Å². The maximum atomic E-state index is 12.5. The van der Waals surface area contributed by atoms with E-state index in [1.807, 2.05) is 4.72 Å². The van der Waals surface area contributed by atoms with Crippen LogP contribution in [-0.2, 0) is 29.1 Å². The fourth-order valence-electron chi connectivity index (χ4n) is 3.35. The summed E-state index contributed by atoms with van der Waals surface area (Å²) in [4.78, 5) is 35.8. The SMILES string of the molecule is COC(C(C)C(=O)NS(=O)(=O)c1ccc(NC(=O)C(F)(F)F)cc1)C1CCCN1C=O. The molecule has 1 heterocycles. The van der Waals surface area contributed by atoms with Crippen molar-refractivity contribution in [1.82, 2.24) is 9.62 Å². The van der Waals surface area contributed by atoms with Crippen molar-refractivity contribution in [1.29, 1.82) is 0 Å². The van der Waals surface area contributed by atoms with E-state index in [-0.39, 0.29) is 16.6 Å². The number of nitrogens with one attached hydrogen (secondary N) is 2. The monoisotopic (exact) mass is 465 g/mol. The molecular weight excluding hydrogens is 443 g/mol. The predicted octanol–water partition coefficient (Wildman–Crippen LogP) is 1.26. The molecule has 0 radical (unpaired) electrons. The molecule has 0 aliphatic carbocycles. The van der Waals surface area contributed by atoms with Gasteiger partial charge < -0.3 is 15.0 Å². The standard InChI is InChI=1S/C18H22F3N3O6S/c1-11(15(30-2)14-4-3-9-24(14)10-25)16(26)23-31(28,29)13-7-5-12(6-8-13)22-17(27)18(19,20)21/h5-8,10-11,14-15H,3-4,9H2,1-2H3,(H,22,27)(H,23,26). The first kappa shape index (κ1) is 24.6. The number of likely N-dealkylation sites (tertiary alicyclic amines) is 1. The molecule has 172 valence electrons. The zero-order chi connectivity index (χ0) is 23.4. The largest absolute Gasteiger partial charge is 0.471 e. The number of hydrogen-bond acceptors (Lipinski definition) is 6. The van der Waals surface area contributed by atoms with Crippen molar-refractivity contribution in [2.24, 2.45) is 5.92 Å². The van der Waals surface area contributed by atoms with Crippen LogP contribution >= 0.6 is 0 Å². The minimum absolute atomic E-state index is 0.268. The summed E-state index contributed by atoms with van der Waals surface area (Å²) in [7, 11) is -2.98. The van der Waals surface area contributed by atoms with Gasteiger partial charge in [0.2, 0.25) is 12.3 Å². The van der Waals surface area contributed by atoms with Gasteiger partial charge in [0.25, 0.3) is 10.0 Å². The van der Waals surface area contributed by atoms with Crippen LogP contribution in [0.5, 0.6) is 0 Å². The number of sulfonamides is 1. The van der Waals surface area contributed by atoms with Gasteiger partial charge in [-0.25, -0.2) is 13.1 Å². The average molecular weight is 465 g/mol. The summed E-state index contributed by atoms with van der Waals surface area (Å²) < 4.78 is 69.1. The maximum Gasteiger partial charge on any atom is 0.471 e. The zero-order valence-electron chi connectivity index (χ0n) is 16.7. The normalized spacial score (nSPS) is 18.9. The number of nitrogens with zero attached hydrogens (tertiary/aromatic N) is 1. The lowest BCUT2D eigenvalue weighted by Crippen LogP contribution is -2.48. The number of hydrogen-bond donors (Lipinski definition) is 2. The molecule has 2 rings (SSSR count). The van der Waals surface area contributed by atoms with E-state index in [4.69, 9.17) is 4.74 Å². The van der Waals surface area contributed by atoms with E-state index in [0.29, 0.717) is 19.4 Å². The Balaban J connectivity index is 2.09. The topological polar surface area (TPSA) is 122 Å². The molecule has 1 aliphatic heterocycles. The van der Waals surface area contributed by atoms with Crippen LogP contribution in [0.25, 0.3) is 0 Å². The van der Waals surface area contributed by atoms with E-state index < -0.39 is 40.0 Å². The second-order valence-corrected chi connectivity index (χ2v) is 8.67. The Morgan fingerprint density at radius 2 is 1.87 bits per heavy atom. The van der Waals surface area contributed by atoms with Gasteiger partial charge in [-0.05, 0) is 37.1 Å². The van der Waals surface area contributed by atoms with Gasteiger partial charge in [-0.1, -0.05) is 6.92 Å². The van der Waals surface area contributed by atoms with Crippen LogP contribution in [0, 0.1) is 5.92 Å². The fourth-order valence-corrected chi connectivity index (χ4v) is 4.41. The summed E-state index contributed by atoms with van der Waals surface area (Å²) in [5, 5.41) is 1.59. The number of carbonyl (C=O) groups is 3. The Bertz CT molecular complexity index is 920. The van der Waals surface area contributed by atoms with Crippen molar-refractivity contribution >= 4 is 33.9 Å². The number of amides is 3. The lowest BCUT2D eigenvalue weighted by molar-refractivity contribution is -0.167. The second-order valence-electron chi connectivity index (χ2n) is 6.99. The summed E-state index contributed by atoms with van der Waals surface area (Å²) >= 11 is 0. The molecule has 0 bridgehead atoms. The van der Waals surface area contributed by atoms with Gasteiger partial charge >= 0.3 is 12.1 Å². The Hall–Kier alpha value is -2.67. The van der Waals surface area contributed by atoms with Crippen molar-refractivity contribution in [2.75, 3.05) is 19.0 Å². The molecule has 13 heteroatoms. The van der Waals surface area contributed by atoms with Crippen LogP contribution in [-0.4, -0.2) is 63.5 Å². The van der Waals surface area contributed by atoms with Crippen LogP contribution < -0.4 is 10.0 Å². The molecule has 1 saturated heterocycles. The number of carbonyl (C=O) groups excluding carboxylic acids is 3. The number of halogens is 3. The summed E-state index contributed by atoms with van der Waals surface area (Å²) in [5.41, 5.74) is -0.268. The third kappa shape index (κ3) is 5.94. The molecule has 2 N–H and O–H groups in total. The van der Waals surface area contributed by atoms with Crippen molar-refractivity contribution in [3.63, 3.8) is 0 Å². The van der Waals surface area contributed by atoms with Gasteiger partial charge in [-0.2, -0.15) is 13.2 Å². The quantitative estimate of drug-likeness (QED) is 0.558. The van der Waals surface area contributed by atoms with Gasteiger partial charge in [0.05, 0.1) is 23.0 Å². The van der Waals surface area contributed by atoms with E-state index in [2.05, 4.69) is 0 Å². The van der Waals surface area contributed by atoms with Crippen LogP contribution in [0.3, 0.4) is 0 Å². The molecule has 9 nitrogen and oxygen atoms in total. The maximum absolute atomic E-state index is 12.5. The second kappa shape index (κ2) is 9.64. The summed E-state index contributed by atoms with van der Waals surface area (Å²) in [6.45, 7) is 1.98. The van der Waals surface area contributed by atoms with Gasteiger partial charge in [0.1, 0.15) is 0 Å². The predicted molar refractivity (Wildman–Crippen MR) is 102 cm³/mol. The molecule has 0 aromatic heterocycles. The number of benzene rings is 1. The molecule has 1 aromatic carbocycles. The molecule has 0 spiro atoms. The molecule has 0 saturated carbocycles. The van der Waals surface area contributed by atoms with Crippen molar-refractivity contribution in [2.45, 2.75) is 43.0 Å². The van der Waals surface area contributed by atoms with E-state index in [0.717, 1.165) is 30.7 Å². The lowest BCUT2D eigenvalue weighted by Gasteiger charge is -2.31. The van der Waals surface area contributed by atoms with Crippen LogP contribution in [0.4, 0.5) is 18.9 Å². The van der Waals surface area contributed by atoms with Gasteiger partial charge in [0.15, 0.2) is 0 Å². The molecular formula is C18H22F3N3O6S. The number of anilines is 1. The fraction of sp³-hybridized carbons (Fsp3) is 0.500. The van der Waals surface area contributed by atoms with Gasteiger partial charge in [0, 0.05) is 19.3 Å². The smallest absolute Gasteiger partial charge is 0.378 e. The molecule has 3 unspecified atom stereocenters. The first-order valence-corrected chi connectivity index (χ1v) is 10.7. The number of methoxy groups -OCH3 is 1. The third-order valence-corrected chi connectivity index (χ3v) is 6.31. The summed E-state index contributed by atoms with van der Waals surface area (Å²) in [6.07, 6.45) is -3.84. The summed E-state index contributed by atoms with van der Waals surface area (Å²) in [5.74, 6) is -3.98. The highest BCUT2D eigenvalue weighted by Crippen LogP contribution is 2.25. The molecule has 3 amide bonds. The first-order valence-electron chi connectivity index (χ1n) is 9.19. The molecule has 3 atom stereocenters. The minimum atomic E-state index is -5.09. The highest BCUT2D eigenvalue weighted by atomic mass is 32.2. The van der Waals surface area contributed by atoms with Crippen LogP contribution in [0.1, 0.15) is 19.8 Å². The minimum Gasteiger partial charge on any atom is -0.378 e. The lowest BCUT2D eigenvalue weighted by atomic mass is 9.95. The van der Waals surface area contributed by atoms with Gasteiger partial charge in [-0.3, -0.25) is 14.4 Å². The van der Waals surface area contributed by atoms with Gasteiger partial charge in [-0.15, -0.1) is 0 Å². The zero-order valence-corrected chi connectivity index (χ0v) is 17.5. The van der Waals surface area contributed by atoms with E-state index in [9.17, 15) is 36.0 Å². The van der Waals surface area contributed by atoms with Crippen molar-refractivity contribution < 1.29 is 40.7 Å². The molecule has 1 fully saturated rings. The molecule has 31 heavy (non-hydrogen) atoms. The number of alkyl halides is 3. The highest BCUT2D eigenvalue weighted by Gasteiger charge is 2.39. The van der Waals surface area contributed by atoms with E-state index in [1.54, 1.807) is 5.32 Å². The Morgan fingerprint density at radius 1 is 1.26 bits per heavy atom. The van der Waals surface area contributed by atoms with Crippen LogP contribution in [0.2, 0.25) is 0 Å². The average Bonchev–Trinajstić information content (AvgIpc) is 3.16.